The molecule has 0 atom stereocenters. The minimum absolute atomic E-state index is 0.0984. The predicted molar refractivity (Wildman–Crippen MR) is 57.3 cm³/mol. The molecule has 0 aliphatic heterocycles. The van der Waals surface area contributed by atoms with E-state index in [0.29, 0.717) is 5.82 Å². The van der Waals surface area contributed by atoms with Gasteiger partial charge in [0.15, 0.2) is 17.5 Å². The number of anilines is 3. The molecule has 0 fully saturated rings. The first-order valence-electron chi connectivity index (χ1n) is 4.58. The van der Waals surface area contributed by atoms with Gasteiger partial charge in [0.1, 0.15) is 5.69 Å². The molecule has 0 amide bonds. The van der Waals surface area contributed by atoms with E-state index in [-0.39, 0.29) is 11.4 Å². The van der Waals surface area contributed by atoms with Crippen molar-refractivity contribution < 1.29 is 8.78 Å². The van der Waals surface area contributed by atoms with Crippen LogP contribution in [-0.4, -0.2) is 9.78 Å². The predicted octanol–water partition coefficient (Wildman–Crippen LogP) is 2.02. The second kappa shape index (κ2) is 3.80. The van der Waals surface area contributed by atoms with Gasteiger partial charge in [-0.1, -0.05) is 0 Å². The fourth-order valence-electron chi connectivity index (χ4n) is 1.30. The Morgan fingerprint density at radius 2 is 2.06 bits per heavy atom. The number of aromatic nitrogens is 2. The molecule has 16 heavy (non-hydrogen) atoms. The summed E-state index contributed by atoms with van der Waals surface area (Å²) in [4.78, 5) is 0. The maximum Gasteiger partial charge on any atom is 0.184 e. The molecule has 0 spiro atoms. The van der Waals surface area contributed by atoms with E-state index in [0.717, 1.165) is 6.07 Å². The number of nitrogens with zero attached hydrogens (tertiary/aromatic N) is 2. The number of benzene rings is 1. The van der Waals surface area contributed by atoms with E-state index >= 15 is 0 Å². The topological polar surface area (TPSA) is 55.9 Å². The van der Waals surface area contributed by atoms with Gasteiger partial charge in [-0.15, -0.1) is 0 Å². The van der Waals surface area contributed by atoms with Gasteiger partial charge in [-0.25, -0.2) is 8.78 Å². The van der Waals surface area contributed by atoms with Crippen molar-refractivity contribution >= 4 is 17.2 Å². The van der Waals surface area contributed by atoms with Gasteiger partial charge in [0, 0.05) is 19.3 Å². The summed E-state index contributed by atoms with van der Waals surface area (Å²) in [5, 5.41) is 6.61. The fourth-order valence-corrected chi connectivity index (χ4v) is 1.30. The van der Waals surface area contributed by atoms with Crippen LogP contribution in [0, 0.1) is 11.6 Å². The van der Waals surface area contributed by atoms with Crippen LogP contribution in [0.2, 0.25) is 0 Å². The molecule has 2 aromatic rings. The zero-order valence-electron chi connectivity index (χ0n) is 8.54. The Morgan fingerprint density at radius 3 is 2.69 bits per heavy atom. The van der Waals surface area contributed by atoms with Crippen molar-refractivity contribution in [3.05, 3.63) is 36.0 Å². The first kappa shape index (κ1) is 10.4. The van der Waals surface area contributed by atoms with Crippen LogP contribution in [0.4, 0.5) is 26.0 Å². The third kappa shape index (κ3) is 1.81. The Hall–Kier alpha value is -2.11. The molecule has 0 saturated heterocycles. The molecule has 2 rings (SSSR count). The van der Waals surface area contributed by atoms with Crippen LogP contribution in [0.5, 0.6) is 0 Å². The number of hydrogen-bond acceptors (Lipinski definition) is 3. The van der Waals surface area contributed by atoms with Crippen LogP contribution >= 0.6 is 0 Å². The van der Waals surface area contributed by atoms with Gasteiger partial charge in [-0.2, -0.15) is 5.10 Å². The fraction of sp³-hybridized carbons (Fsp3) is 0.100. The monoisotopic (exact) mass is 224 g/mol. The number of nitrogens with two attached hydrogens (primary N) is 1. The molecular weight excluding hydrogens is 214 g/mol. The average Bonchev–Trinajstić information content (AvgIpc) is 2.65. The Balaban J connectivity index is 2.37. The molecule has 6 heteroatoms. The second-order valence-electron chi connectivity index (χ2n) is 3.33. The number of rotatable bonds is 2. The van der Waals surface area contributed by atoms with E-state index in [2.05, 4.69) is 10.4 Å². The molecule has 1 aromatic heterocycles. The van der Waals surface area contributed by atoms with Crippen molar-refractivity contribution in [3.8, 4) is 0 Å². The van der Waals surface area contributed by atoms with E-state index in [1.54, 1.807) is 19.3 Å². The van der Waals surface area contributed by atoms with E-state index < -0.39 is 11.6 Å². The van der Waals surface area contributed by atoms with E-state index in [4.69, 9.17) is 5.73 Å². The molecule has 3 N–H and O–H groups in total. The normalized spacial score (nSPS) is 10.4. The Labute approximate surface area is 90.7 Å². The van der Waals surface area contributed by atoms with Crippen LogP contribution in [0.1, 0.15) is 0 Å². The minimum atomic E-state index is -1.01. The van der Waals surface area contributed by atoms with Gasteiger partial charge in [0.05, 0.1) is 5.69 Å². The molecule has 4 nitrogen and oxygen atoms in total. The van der Waals surface area contributed by atoms with Crippen molar-refractivity contribution in [3.63, 3.8) is 0 Å². The number of halogens is 2. The van der Waals surface area contributed by atoms with Gasteiger partial charge < -0.3 is 11.1 Å². The summed E-state index contributed by atoms with van der Waals surface area (Å²) in [5.41, 5.74) is 5.57. The van der Waals surface area contributed by atoms with Crippen LogP contribution in [0.25, 0.3) is 0 Å². The summed E-state index contributed by atoms with van der Waals surface area (Å²) >= 11 is 0. The van der Waals surface area contributed by atoms with Crippen molar-refractivity contribution in [1.29, 1.82) is 0 Å². The van der Waals surface area contributed by atoms with Gasteiger partial charge in [-0.3, -0.25) is 4.68 Å². The van der Waals surface area contributed by atoms with E-state index in [1.165, 1.54) is 10.7 Å². The zero-order chi connectivity index (χ0) is 11.7. The zero-order valence-corrected chi connectivity index (χ0v) is 8.54. The highest BCUT2D eigenvalue weighted by Gasteiger charge is 2.12. The number of nitrogen functional groups attached to an aromatic ring is 1. The Bertz CT molecular complexity index is 522. The van der Waals surface area contributed by atoms with Gasteiger partial charge >= 0.3 is 0 Å². The minimum Gasteiger partial charge on any atom is -0.397 e. The van der Waals surface area contributed by atoms with Crippen LogP contribution in [0.15, 0.2) is 24.4 Å². The highest BCUT2D eigenvalue weighted by Crippen LogP contribution is 2.27. The first-order chi connectivity index (χ1) is 7.58. The smallest absolute Gasteiger partial charge is 0.184 e. The lowest BCUT2D eigenvalue weighted by Crippen LogP contribution is -2.02. The van der Waals surface area contributed by atoms with Gasteiger partial charge in [-0.05, 0) is 12.1 Å². The van der Waals surface area contributed by atoms with Crippen molar-refractivity contribution in [2.75, 3.05) is 11.1 Å². The lowest BCUT2D eigenvalue weighted by Gasteiger charge is -2.08. The lowest BCUT2D eigenvalue weighted by molar-refractivity contribution is 0.512. The molecule has 0 aliphatic rings. The van der Waals surface area contributed by atoms with Crippen LogP contribution in [-0.2, 0) is 7.05 Å². The number of aryl methyl sites for hydroxylation is 1. The standard InChI is InChI=1S/C10H10F2N4/c1-16-5-4-8(15-16)14-10-7(13)3-2-6(11)9(10)12/h2-5H,13H2,1H3,(H,14,15). The first-order valence-corrected chi connectivity index (χ1v) is 4.58. The van der Waals surface area contributed by atoms with Crippen molar-refractivity contribution in [1.82, 2.24) is 9.78 Å². The molecule has 0 unspecified atom stereocenters. The summed E-state index contributed by atoms with van der Waals surface area (Å²) in [6.45, 7) is 0. The molecule has 1 aromatic carbocycles. The molecular formula is C10H10F2N4. The average molecular weight is 224 g/mol. The largest absolute Gasteiger partial charge is 0.397 e. The highest BCUT2D eigenvalue weighted by atomic mass is 19.2. The Morgan fingerprint density at radius 1 is 1.31 bits per heavy atom. The van der Waals surface area contributed by atoms with Gasteiger partial charge in [0.25, 0.3) is 0 Å². The summed E-state index contributed by atoms with van der Waals surface area (Å²) in [6.07, 6.45) is 1.68. The maximum absolute atomic E-state index is 13.4. The van der Waals surface area contributed by atoms with Crippen molar-refractivity contribution in [2.45, 2.75) is 0 Å². The SMILES string of the molecule is Cn1ccc(Nc2c(N)ccc(F)c2F)n1. The Kier molecular flexibility index (Phi) is 2.47. The highest BCUT2D eigenvalue weighted by molar-refractivity contribution is 5.71. The summed E-state index contributed by atoms with van der Waals surface area (Å²) < 4.78 is 27.9. The van der Waals surface area contributed by atoms with E-state index in [9.17, 15) is 8.78 Å². The molecule has 0 radical (unpaired) electrons. The molecule has 1 heterocycles. The number of hydrogen-bond donors (Lipinski definition) is 2. The maximum atomic E-state index is 13.4. The second-order valence-corrected chi connectivity index (χ2v) is 3.33. The molecule has 0 aliphatic carbocycles. The molecule has 0 bridgehead atoms. The lowest BCUT2D eigenvalue weighted by atomic mass is 10.2. The van der Waals surface area contributed by atoms with E-state index in [1.807, 2.05) is 0 Å². The summed E-state index contributed by atoms with van der Waals surface area (Å²) in [6, 6.07) is 3.90. The number of nitrogens with one attached hydrogen (secondary N) is 1. The summed E-state index contributed by atoms with van der Waals surface area (Å²) in [5.74, 6) is -1.56. The van der Waals surface area contributed by atoms with Crippen LogP contribution in [0.3, 0.4) is 0 Å². The van der Waals surface area contributed by atoms with Crippen molar-refractivity contribution in [2.24, 2.45) is 7.05 Å². The summed E-state index contributed by atoms with van der Waals surface area (Å²) in [7, 11) is 1.72. The van der Waals surface area contributed by atoms with Crippen LogP contribution < -0.4 is 11.1 Å². The van der Waals surface area contributed by atoms with Gasteiger partial charge in [0.2, 0.25) is 0 Å². The molecule has 0 saturated carbocycles. The third-order valence-corrected chi connectivity index (χ3v) is 2.09. The third-order valence-electron chi connectivity index (χ3n) is 2.09. The molecule has 84 valence electrons. The quantitative estimate of drug-likeness (QED) is 0.767.